The number of imide groups is 3. The Kier molecular flexibility index (Phi) is 10.4. The van der Waals surface area contributed by atoms with E-state index in [9.17, 15) is 29.7 Å². The topological polar surface area (TPSA) is 134 Å². The van der Waals surface area contributed by atoms with Crippen LogP contribution in [0.2, 0.25) is 0 Å². The number of nitrogens with zero attached hydrogens (tertiary/aromatic N) is 1. The molecule has 0 radical (unpaired) electrons. The number of hydrogen-bond donors (Lipinski definition) is 3. The molecule has 1 aliphatic heterocycles. The minimum absolute atomic E-state index is 0.0682. The lowest BCUT2D eigenvalue weighted by molar-refractivity contribution is -0.137. The Balaban J connectivity index is 1.67. The van der Waals surface area contributed by atoms with Crippen LogP contribution in [0.4, 0.5) is 4.79 Å². The van der Waals surface area contributed by atoms with Gasteiger partial charge in [-0.15, -0.1) is 0 Å². The maximum atomic E-state index is 13.3. The van der Waals surface area contributed by atoms with Gasteiger partial charge < -0.3 is 24.8 Å². The molecule has 0 bridgehead atoms. The zero-order chi connectivity index (χ0) is 30.6. The summed E-state index contributed by atoms with van der Waals surface area (Å²) < 4.78 is 10.6. The van der Waals surface area contributed by atoms with Crippen LogP contribution in [0, 0.1) is 21.3 Å². The molecule has 2 aromatic rings. The van der Waals surface area contributed by atoms with Gasteiger partial charge >= 0.3 is 6.09 Å². The van der Waals surface area contributed by atoms with E-state index in [1.165, 1.54) is 7.11 Å². The Morgan fingerprint density at radius 2 is 1.88 bits per heavy atom. The molecular weight excluding hydrogens is 653 g/mol. The molecule has 10 heteroatoms. The van der Waals surface area contributed by atoms with E-state index < -0.39 is 48.4 Å². The van der Waals surface area contributed by atoms with Gasteiger partial charge in [0.25, 0.3) is 0 Å². The number of carbonyl (C=O) groups excluding carboxylic acids is 3. The number of benzene rings is 2. The van der Waals surface area contributed by atoms with Crippen molar-refractivity contribution in [1.29, 1.82) is 0 Å². The number of aromatic hydroxyl groups is 1. The van der Waals surface area contributed by atoms with Crippen molar-refractivity contribution < 1.29 is 39.2 Å². The molecule has 0 saturated carbocycles. The van der Waals surface area contributed by atoms with E-state index in [0.29, 0.717) is 39.1 Å². The lowest BCUT2D eigenvalue weighted by atomic mass is 9.67. The van der Waals surface area contributed by atoms with Crippen molar-refractivity contribution in [2.45, 2.75) is 45.1 Å². The molecule has 3 N–H and O–H groups in total. The number of ether oxygens (including phenoxy) is 2. The second-order valence-corrected chi connectivity index (χ2v) is 11.7. The van der Waals surface area contributed by atoms with Gasteiger partial charge in [0.1, 0.15) is 0 Å². The number of fused-ring (bicyclic) bond motifs is 1. The second-order valence-electron chi connectivity index (χ2n) is 10.6. The number of allylic oxidation sites excluding steroid dienone is 2. The summed E-state index contributed by atoms with van der Waals surface area (Å²) >= 11 is 2.05. The summed E-state index contributed by atoms with van der Waals surface area (Å²) in [5.74, 6) is -3.41. The Hall–Kier alpha value is -3.22. The first-order chi connectivity index (χ1) is 20.2. The number of carbonyl (C=O) groups is 3. The lowest BCUT2D eigenvalue weighted by Crippen LogP contribution is -2.40. The Morgan fingerprint density at radius 1 is 1.17 bits per heavy atom. The van der Waals surface area contributed by atoms with Gasteiger partial charge in [0.05, 0.1) is 42.3 Å². The third-order valence-electron chi connectivity index (χ3n) is 8.09. The number of aliphatic hydroxyl groups is 2. The SMILES string of the molecule is CCCC1=C([C@H](O)CC/C(=C/c2cc(I)c(O)c(OC)c2)c2ccccc2)[C@H](CO)[C@@H]2C(=O)N(C(=O)OC)C(=O)[C@@H]2C1. The molecule has 0 aromatic heterocycles. The summed E-state index contributed by atoms with van der Waals surface area (Å²) in [5, 5.41) is 32.4. The summed E-state index contributed by atoms with van der Waals surface area (Å²) in [6, 6.07) is 13.3. The van der Waals surface area contributed by atoms with Crippen LogP contribution < -0.4 is 4.74 Å². The van der Waals surface area contributed by atoms with Crippen molar-refractivity contribution in [3.8, 4) is 11.5 Å². The number of methoxy groups -OCH3 is 2. The zero-order valence-corrected chi connectivity index (χ0v) is 26.0. The highest BCUT2D eigenvalue weighted by Crippen LogP contribution is 2.47. The number of aliphatic hydroxyl groups excluding tert-OH is 2. The summed E-state index contributed by atoms with van der Waals surface area (Å²) in [6.45, 7) is 1.55. The highest BCUT2D eigenvalue weighted by Gasteiger charge is 2.57. The molecule has 9 nitrogen and oxygen atoms in total. The van der Waals surface area contributed by atoms with Crippen molar-refractivity contribution >= 4 is 52.1 Å². The van der Waals surface area contributed by atoms with Gasteiger partial charge in [0.2, 0.25) is 11.8 Å². The van der Waals surface area contributed by atoms with Gasteiger partial charge in [0, 0.05) is 5.92 Å². The minimum Gasteiger partial charge on any atom is -0.504 e. The fraction of sp³-hybridized carbons (Fsp3) is 0.406. The number of hydrogen-bond acceptors (Lipinski definition) is 8. The van der Waals surface area contributed by atoms with Crippen LogP contribution >= 0.6 is 22.6 Å². The van der Waals surface area contributed by atoms with Gasteiger partial charge in [-0.1, -0.05) is 55.3 Å². The number of halogens is 1. The molecular formula is C32H36INO8. The molecule has 0 unspecified atom stereocenters. The van der Waals surface area contributed by atoms with E-state index in [1.807, 2.05) is 72.0 Å². The number of amides is 3. The van der Waals surface area contributed by atoms with E-state index >= 15 is 0 Å². The van der Waals surface area contributed by atoms with E-state index in [1.54, 1.807) is 6.07 Å². The van der Waals surface area contributed by atoms with Crippen molar-refractivity contribution in [2.75, 3.05) is 20.8 Å². The molecule has 1 heterocycles. The van der Waals surface area contributed by atoms with Crippen LogP contribution in [0.1, 0.15) is 50.2 Å². The molecule has 4 rings (SSSR count). The van der Waals surface area contributed by atoms with Crippen molar-refractivity contribution in [1.82, 2.24) is 4.90 Å². The van der Waals surface area contributed by atoms with Crippen LogP contribution in [-0.4, -0.2) is 65.1 Å². The van der Waals surface area contributed by atoms with Crippen molar-refractivity contribution in [3.05, 3.63) is 68.3 Å². The molecule has 42 heavy (non-hydrogen) atoms. The molecule has 1 aliphatic carbocycles. The third kappa shape index (κ3) is 6.25. The lowest BCUT2D eigenvalue weighted by Gasteiger charge is -2.36. The highest BCUT2D eigenvalue weighted by atomic mass is 127. The largest absolute Gasteiger partial charge is 0.504 e. The Labute approximate surface area is 259 Å². The van der Waals surface area contributed by atoms with E-state index in [-0.39, 0.29) is 12.2 Å². The molecule has 3 amide bonds. The van der Waals surface area contributed by atoms with Crippen LogP contribution in [0.15, 0.2) is 53.6 Å². The third-order valence-corrected chi connectivity index (χ3v) is 8.91. The van der Waals surface area contributed by atoms with Crippen LogP contribution in [-0.2, 0) is 14.3 Å². The number of phenols is 1. The second kappa shape index (κ2) is 13.8. The summed E-state index contributed by atoms with van der Waals surface area (Å²) in [6.07, 6.45) is 2.32. The maximum Gasteiger partial charge on any atom is 0.423 e. The van der Waals surface area contributed by atoms with Crippen LogP contribution in [0.3, 0.4) is 0 Å². The predicted molar refractivity (Wildman–Crippen MR) is 165 cm³/mol. The quantitative estimate of drug-likeness (QED) is 0.135. The predicted octanol–water partition coefficient (Wildman–Crippen LogP) is 5.16. The molecule has 2 aromatic carbocycles. The number of rotatable bonds is 10. The molecule has 1 fully saturated rings. The highest BCUT2D eigenvalue weighted by molar-refractivity contribution is 14.1. The van der Waals surface area contributed by atoms with Gasteiger partial charge in [-0.3, -0.25) is 9.59 Å². The average molecular weight is 690 g/mol. The van der Waals surface area contributed by atoms with Gasteiger partial charge in [-0.25, -0.2) is 4.79 Å². The van der Waals surface area contributed by atoms with E-state index in [4.69, 9.17) is 4.74 Å². The van der Waals surface area contributed by atoms with Gasteiger partial charge in [-0.2, -0.15) is 4.90 Å². The molecule has 2 aliphatic rings. The Morgan fingerprint density at radius 3 is 2.50 bits per heavy atom. The molecule has 1 saturated heterocycles. The Bertz CT molecular complexity index is 1400. The molecule has 0 spiro atoms. The zero-order valence-electron chi connectivity index (χ0n) is 23.9. The first kappa shape index (κ1) is 31.7. The van der Waals surface area contributed by atoms with Crippen LogP contribution in [0.25, 0.3) is 11.6 Å². The molecule has 224 valence electrons. The molecule has 4 atom stereocenters. The van der Waals surface area contributed by atoms with Gasteiger partial charge in [-0.05, 0) is 82.7 Å². The van der Waals surface area contributed by atoms with Crippen molar-refractivity contribution in [2.24, 2.45) is 17.8 Å². The average Bonchev–Trinajstić information content (AvgIpc) is 3.24. The van der Waals surface area contributed by atoms with Crippen LogP contribution in [0.5, 0.6) is 11.5 Å². The normalized spacial score (nSPS) is 21.4. The van der Waals surface area contributed by atoms with E-state index in [2.05, 4.69) is 4.74 Å². The minimum atomic E-state index is -1.03. The van der Waals surface area contributed by atoms with Crippen molar-refractivity contribution in [3.63, 3.8) is 0 Å². The standard InChI is InChI=1S/C32H36INO8/c1-4-8-21-16-22-28(31(39)34(30(22)38)32(40)42-3)23(17-35)27(21)25(36)12-11-20(19-9-6-5-7-10-19)13-18-14-24(33)29(37)26(15-18)41-2/h5-7,9-10,13-15,22-23,25,28,35-37H,4,8,11-12,16-17H2,1-3H3/b20-13-/t22-,23+,25-,28-/m1/s1. The first-order valence-electron chi connectivity index (χ1n) is 14.0. The summed E-state index contributed by atoms with van der Waals surface area (Å²) in [5.41, 5.74) is 4.15. The maximum absolute atomic E-state index is 13.3. The first-order valence-corrected chi connectivity index (χ1v) is 15.0. The van der Waals surface area contributed by atoms with Gasteiger partial charge in [0.15, 0.2) is 11.5 Å². The fourth-order valence-electron chi connectivity index (χ4n) is 6.20. The van der Waals surface area contributed by atoms with E-state index in [0.717, 1.165) is 35.8 Å². The monoisotopic (exact) mass is 689 g/mol. The number of likely N-dealkylation sites (tertiary alicyclic amines) is 1. The fourth-order valence-corrected chi connectivity index (χ4v) is 6.83. The number of phenolic OH excluding ortho intramolecular Hbond substituents is 1. The summed E-state index contributed by atoms with van der Waals surface area (Å²) in [4.78, 5) is 39.1. The summed E-state index contributed by atoms with van der Waals surface area (Å²) in [7, 11) is 2.60. The smallest absolute Gasteiger partial charge is 0.423 e.